The zero-order valence-electron chi connectivity index (χ0n) is 17.4. The number of amides is 1. The molecule has 1 saturated heterocycles. The Hall–Kier alpha value is -3.03. The molecule has 2 aromatic heterocycles. The fraction of sp³-hybridized carbons (Fsp3) is 0.381. The number of hydrogen-bond donors (Lipinski definition) is 1. The first-order valence-electron chi connectivity index (χ1n) is 9.63. The third kappa shape index (κ3) is 7.85. The molecule has 1 aliphatic rings. The standard InChI is InChI=1S/C11H14N4.C6H4F2.C2H5NO.C2H6/c1-9-8-12-15-7-4-10(13-11(9)15)14-5-2-3-6-14;7-5-1-2-6(8)4-3-5;1-3-2-4;1-2/h4,7-8H,2-3,5-6H2,1H3;1-4H;2H,1H3,(H,3,4);1-2H3. The topological polar surface area (TPSA) is 62.5 Å². The maximum absolute atomic E-state index is 11.9. The third-order valence-electron chi connectivity index (χ3n) is 3.88. The molecule has 0 radical (unpaired) electrons. The number of aromatic nitrogens is 3. The van der Waals surface area contributed by atoms with E-state index in [1.54, 1.807) is 7.05 Å². The number of carbonyl (C=O) groups excluding carboxylic acids is 1. The fourth-order valence-electron chi connectivity index (χ4n) is 2.53. The highest BCUT2D eigenvalue weighted by Crippen LogP contribution is 2.19. The van der Waals surface area contributed by atoms with Crippen LogP contribution in [0.3, 0.4) is 0 Å². The third-order valence-corrected chi connectivity index (χ3v) is 3.88. The molecule has 3 aromatic rings. The van der Waals surface area contributed by atoms with E-state index in [0.717, 1.165) is 54.4 Å². The Morgan fingerprint density at radius 1 is 1.03 bits per heavy atom. The predicted octanol–water partition coefficient (Wildman–Crippen LogP) is 3.99. The van der Waals surface area contributed by atoms with E-state index < -0.39 is 11.6 Å². The summed E-state index contributed by atoms with van der Waals surface area (Å²) in [6.07, 6.45) is 7.04. The van der Waals surface area contributed by atoms with Gasteiger partial charge in [-0.1, -0.05) is 13.8 Å². The van der Waals surface area contributed by atoms with E-state index in [0.29, 0.717) is 6.41 Å². The molecule has 0 bridgehead atoms. The van der Waals surface area contributed by atoms with Gasteiger partial charge >= 0.3 is 0 Å². The van der Waals surface area contributed by atoms with E-state index >= 15 is 0 Å². The van der Waals surface area contributed by atoms with Crippen molar-refractivity contribution in [2.45, 2.75) is 33.6 Å². The van der Waals surface area contributed by atoms with Crippen LogP contribution in [0.15, 0.2) is 42.7 Å². The van der Waals surface area contributed by atoms with Crippen LogP contribution in [0.4, 0.5) is 14.6 Å². The molecule has 29 heavy (non-hydrogen) atoms. The number of anilines is 1. The smallest absolute Gasteiger partial charge is 0.206 e. The van der Waals surface area contributed by atoms with Crippen molar-refractivity contribution in [3.63, 3.8) is 0 Å². The highest BCUT2D eigenvalue weighted by atomic mass is 19.1. The van der Waals surface area contributed by atoms with Crippen LogP contribution in [0.5, 0.6) is 0 Å². The van der Waals surface area contributed by atoms with Crippen LogP contribution in [0.1, 0.15) is 32.3 Å². The van der Waals surface area contributed by atoms with E-state index in [4.69, 9.17) is 4.79 Å². The van der Waals surface area contributed by atoms with Crippen LogP contribution >= 0.6 is 0 Å². The van der Waals surface area contributed by atoms with Crippen LogP contribution in [0.25, 0.3) is 5.65 Å². The Bertz CT molecular complexity index is 825. The molecule has 4 rings (SSSR count). The number of fused-ring (bicyclic) bond motifs is 1. The number of nitrogens with zero attached hydrogens (tertiary/aromatic N) is 4. The Labute approximate surface area is 170 Å². The molecule has 0 saturated carbocycles. The van der Waals surface area contributed by atoms with Crippen molar-refractivity contribution < 1.29 is 13.6 Å². The van der Waals surface area contributed by atoms with Gasteiger partial charge in [0.1, 0.15) is 17.5 Å². The van der Waals surface area contributed by atoms with Crippen molar-refractivity contribution >= 4 is 17.9 Å². The molecule has 1 aliphatic heterocycles. The van der Waals surface area contributed by atoms with Gasteiger partial charge in [0, 0.05) is 31.9 Å². The van der Waals surface area contributed by atoms with Gasteiger partial charge in [-0.15, -0.1) is 0 Å². The molecular formula is C21H29F2N5O. The second-order valence-corrected chi connectivity index (χ2v) is 5.92. The van der Waals surface area contributed by atoms with Crippen molar-refractivity contribution in [1.29, 1.82) is 0 Å². The molecule has 158 valence electrons. The molecular weight excluding hydrogens is 376 g/mol. The van der Waals surface area contributed by atoms with Gasteiger partial charge in [0.25, 0.3) is 0 Å². The van der Waals surface area contributed by atoms with Gasteiger partial charge in [-0.2, -0.15) is 5.10 Å². The van der Waals surface area contributed by atoms with Crippen molar-refractivity contribution in [3.8, 4) is 0 Å². The minimum Gasteiger partial charge on any atom is -0.362 e. The van der Waals surface area contributed by atoms with E-state index in [9.17, 15) is 8.78 Å². The van der Waals surface area contributed by atoms with Crippen molar-refractivity contribution in [3.05, 3.63) is 59.9 Å². The molecule has 1 N–H and O–H groups in total. The highest BCUT2D eigenvalue weighted by molar-refractivity contribution is 5.52. The van der Waals surface area contributed by atoms with Gasteiger partial charge in [-0.25, -0.2) is 18.3 Å². The molecule has 3 heterocycles. The SMILES string of the molecule is CC.CNC=O.Cc1cnn2ccc(N3CCCC3)nc12.Fc1ccc(F)cc1. The summed E-state index contributed by atoms with van der Waals surface area (Å²) in [6.45, 7) is 8.32. The van der Waals surface area contributed by atoms with Gasteiger partial charge in [0.05, 0.1) is 6.20 Å². The summed E-state index contributed by atoms with van der Waals surface area (Å²) in [7, 11) is 1.56. The van der Waals surface area contributed by atoms with E-state index in [2.05, 4.69) is 20.3 Å². The average molecular weight is 405 g/mol. The molecule has 1 fully saturated rings. The number of nitrogens with one attached hydrogen (secondary N) is 1. The number of carbonyl (C=O) groups is 1. The number of aryl methyl sites for hydroxylation is 1. The molecule has 0 aliphatic carbocycles. The van der Waals surface area contributed by atoms with Crippen LogP contribution < -0.4 is 10.2 Å². The Morgan fingerprint density at radius 3 is 2.03 bits per heavy atom. The number of rotatable bonds is 2. The number of benzene rings is 1. The lowest BCUT2D eigenvalue weighted by atomic mass is 10.3. The lowest BCUT2D eigenvalue weighted by molar-refractivity contribution is -0.109. The van der Waals surface area contributed by atoms with E-state index in [-0.39, 0.29) is 0 Å². The molecule has 6 nitrogen and oxygen atoms in total. The van der Waals surface area contributed by atoms with Crippen LogP contribution in [-0.4, -0.2) is 41.1 Å². The minimum absolute atomic E-state index is 0.411. The fourth-order valence-corrected chi connectivity index (χ4v) is 2.53. The van der Waals surface area contributed by atoms with Crippen LogP contribution in [-0.2, 0) is 4.79 Å². The van der Waals surface area contributed by atoms with Gasteiger partial charge in [-0.05, 0) is 50.1 Å². The number of halogens is 2. The summed E-state index contributed by atoms with van der Waals surface area (Å²) in [6, 6.07) is 6.36. The summed E-state index contributed by atoms with van der Waals surface area (Å²) in [5.74, 6) is 0.265. The summed E-state index contributed by atoms with van der Waals surface area (Å²) < 4.78 is 25.7. The van der Waals surface area contributed by atoms with Gasteiger partial charge in [0.2, 0.25) is 6.41 Å². The minimum atomic E-state index is -0.411. The van der Waals surface area contributed by atoms with Crippen molar-refractivity contribution in [2.75, 3.05) is 25.0 Å². The lowest BCUT2D eigenvalue weighted by Crippen LogP contribution is -2.19. The normalized spacial score (nSPS) is 12.0. The second kappa shape index (κ2) is 13.2. The Morgan fingerprint density at radius 2 is 1.55 bits per heavy atom. The van der Waals surface area contributed by atoms with E-state index in [1.165, 1.54) is 12.8 Å². The maximum Gasteiger partial charge on any atom is 0.206 e. The molecule has 8 heteroatoms. The van der Waals surface area contributed by atoms with Crippen molar-refractivity contribution in [2.24, 2.45) is 0 Å². The summed E-state index contributed by atoms with van der Waals surface area (Å²) in [5, 5.41) is 6.47. The van der Waals surface area contributed by atoms with Gasteiger partial charge in [0.15, 0.2) is 5.65 Å². The molecule has 0 atom stereocenters. The zero-order chi connectivity index (χ0) is 21.6. The Kier molecular flexibility index (Phi) is 10.9. The highest BCUT2D eigenvalue weighted by Gasteiger charge is 2.14. The van der Waals surface area contributed by atoms with E-state index in [1.807, 2.05) is 43.7 Å². The summed E-state index contributed by atoms with van der Waals surface area (Å²) in [4.78, 5) is 16.0. The van der Waals surface area contributed by atoms with Crippen molar-refractivity contribution in [1.82, 2.24) is 19.9 Å². The monoisotopic (exact) mass is 405 g/mol. The zero-order valence-corrected chi connectivity index (χ0v) is 17.4. The number of hydrogen-bond acceptors (Lipinski definition) is 4. The van der Waals surface area contributed by atoms with Gasteiger partial charge < -0.3 is 10.2 Å². The largest absolute Gasteiger partial charge is 0.362 e. The molecule has 0 spiro atoms. The molecule has 1 amide bonds. The first kappa shape index (κ1) is 24.0. The second-order valence-electron chi connectivity index (χ2n) is 5.92. The summed E-state index contributed by atoms with van der Waals surface area (Å²) >= 11 is 0. The quantitative estimate of drug-likeness (QED) is 0.655. The van der Waals surface area contributed by atoms with Crippen LogP contribution in [0.2, 0.25) is 0 Å². The maximum atomic E-state index is 11.9. The summed E-state index contributed by atoms with van der Waals surface area (Å²) in [5.41, 5.74) is 2.11. The lowest BCUT2D eigenvalue weighted by Gasteiger charge is -2.15. The molecule has 0 unspecified atom stereocenters. The first-order valence-corrected chi connectivity index (χ1v) is 9.63. The molecule has 1 aromatic carbocycles. The predicted molar refractivity (Wildman–Crippen MR) is 112 cm³/mol. The van der Waals surface area contributed by atoms with Crippen LogP contribution in [0, 0.1) is 18.6 Å². The first-order chi connectivity index (χ1) is 14.0. The average Bonchev–Trinajstić information content (AvgIpc) is 3.43. The van der Waals surface area contributed by atoms with Gasteiger partial charge in [-0.3, -0.25) is 4.79 Å². The Balaban J connectivity index is 0.000000254.